The number of nitrogens with zero attached hydrogens (tertiary/aromatic N) is 2. The highest BCUT2D eigenvalue weighted by molar-refractivity contribution is 5.93. The zero-order valence-corrected chi connectivity index (χ0v) is 12.4. The van der Waals surface area contributed by atoms with Crippen molar-refractivity contribution in [2.24, 2.45) is 0 Å². The van der Waals surface area contributed by atoms with E-state index < -0.39 is 23.1 Å². The van der Waals surface area contributed by atoms with Crippen LogP contribution in [0.4, 0.5) is 20.3 Å². The number of rotatable bonds is 3. The lowest BCUT2D eigenvalue weighted by atomic mass is 10.1. The number of hydrogen-bond acceptors (Lipinski definition) is 4. The van der Waals surface area contributed by atoms with Gasteiger partial charge in [0.05, 0.1) is 0 Å². The molecule has 22 heavy (non-hydrogen) atoms. The molecule has 116 valence electrons. The summed E-state index contributed by atoms with van der Waals surface area (Å²) in [4.78, 5) is 19.7. The first-order valence-corrected chi connectivity index (χ1v) is 6.62. The fourth-order valence-corrected chi connectivity index (χ4v) is 1.70. The van der Waals surface area contributed by atoms with Gasteiger partial charge >= 0.3 is 0 Å². The fourth-order valence-electron chi connectivity index (χ4n) is 1.70. The molecule has 7 heteroatoms. The van der Waals surface area contributed by atoms with Crippen molar-refractivity contribution in [3.05, 3.63) is 47.9 Å². The topological polar surface area (TPSA) is 66.9 Å². The lowest BCUT2D eigenvalue weighted by molar-refractivity contribution is 0.0914. The Bertz CT molecular complexity index is 678. The average molecular weight is 306 g/mol. The third-order valence-corrected chi connectivity index (χ3v) is 2.60. The minimum absolute atomic E-state index is 0.101. The zero-order chi connectivity index (χ0) is 16.3. The second-order valence-electron chi connectivity index (χ2n) is 5.71. The number of para-hydroxylation sites is 1. The Balaban J connectivity index is 2.24. The van der Waals surface area contributed by atoms with Gasteiger partial charge in [-0.1, -0.05) is 6.07 Å². The van der Waals surface area contributed by atoms with Crippen LogP contribution in [0.25, 0.3) is 0 Å². The summed E-state index contributed by atoms with van der Waals surface area (Å²) in [7, 11) is 0. The van der Waals surface area contributed by atoms with Gasteiger partial charge in [0.1, 0.15) is 35.2 Å². The van der Waals surface area contributed by atoms with Crippen LogP contribution < -0.4 is 10.6 Å². The number of nitrogens with one attached hydrogen (secondary N) is 2. The van der Waals surface area contributed by atoms with E-state index in [2.05, 4.69) is 20.6 Å². The second-order valence-corrected chi connectivity index (χ2v) is 5.71. The van der Waals surface area contributed by atoms with Gasteiger partial charge in [-0.15, -0.1) is 0 Å². The maximum atomic E-state index is 13.6. The SMILES string of the molecule is CC(C)(C)NC(=O)c1cc(Nc2c(F)cccc2F)ncn1. The van der Waals surface area contributed by atoms with Crippen LogP contribution in [0.2, 0.25) is 0 Å². The number of carbonyl (C=O) groups is 1. The summed E-state index contributed by atoms with van der Waals surface area (Å²) in [5.41, 5.74) is -0.652. The number of carbonyl (C=O) groups excluding carboxylic acids is 1. The number of hydrogen-bond donors (Lipinski definition) is 2. The van der Waals surface area contributed by atoms with Crippen LogP contribution in [-0.2, 0) is 0 Å². The van der Waals surface area contributed by atoms with Crippen molar-refractivity contribution in [1.82, 2.24) is 15.3 Å². The summed E-state index contributed by atoms with van der Waals surface area (Å²) in [5, 5.41) is 5.26. The van der Waals surface area contributed by atoms with E-state index >= 15 is 0 Å². The van der Waals surface area contributed by atoms with Crippen molar-refractivity contribution in [1.29, 1.82) is 0 Å². The van der Waals surface area contributed by atoms with E-state index in [1.165, 1.54) is 12.1 Å². The Labute approximate surface area is 126 Å². The highest BCUT2D eigenvalue weighted by atomic mass is 19.1. The molecular formula is C15H16F2N4O. The van der Waals surface area contributed by atoms with Gasteiger partial charge in [0.2, 0.25) is 0 Å². The third kappa shape index (κ3) is 3.97. The van der Waals surface area contributed by atoms with E-state index in [0.717, 1.165) is 18.5 Å². The van der Waals surface area contributed by atoms with E-state index in [1.807, 2.05) is 20.8 Å². The van der Waals surface area contributed by atoms with Gasteiger partial charge in [0.15, 0.2) is 0 Å². The molecule has 2 rings (SSSR count). The lowest BCUT2D eigenvalue weighted by Gasteiger charge is -2.20. The summed E-state index contributed by atoms with van der Waals surface area (Å²) < 4.78 is 27.2. The second kappa shape index (κ2) is 6.05. The third-order valence-electron chi connectivity index (χ3n) is 2.60. The van der Waals surface area contributed by atoms with E-state index in [0.29, 0.717) is 0 Å². The molecule has 0 aliphatic carbocycles. The molecule has 0 aliphatic rings. The number of halogens is 2. The van der Waals surface area contributed by atoms with Gasteiger partial charge in [-0.2, -0.15) is 0 Å². The van der Waals surface area contributed by atoms with Crippen LogP contribution in [0.5, 0.6) is 0 Å². The molecule has 0 bridgehead atoms. The molecule has 0 saturated heterocycles. The minimum atomic E-state index is -0.751. The molecule has 5 nitrogen and oxygen atoms in total. The first-order valence-electron chi connectivity index (χ1n) is 6.62. The number of benzene rings is 1. The van der Waals surface area contributed by atoms with Gasteiger partial charge in [-0.25, -0.2) is 18.7 Å². The minimum Gasteiger partial charge on any atom is -0.346 e. The van der Waals surface area contributed by atoms with Crippen LogP contribution in [0.1, 0.15) is 31.3 Å². The van der Waals surface area contributed by atoms with Crippen molar-refractivity contribution < 1.29 is 13.6 Å². The van der Waals surface area contributed by atoms with Gasteiger partial charge in [0.25, 0.3) is 5.91 Å². The number of amides is 1. The van der Waals surface area contributed by atoms with E-state index in [-0.39, 0.29) is 17.2 Å². The van der Waals surface area contributed by atoms with Crippen molar-refractivity contribution >= 4 is 17.4 Å². The van der Waals surface area contributed by atoms with Gasteiger partial charge in [-0.3, -0.25) is 4.79 Å². The molecule has 1 amide bonds. The number of aromatic nitrogens is 2. The van der Waals surface area contributed by atoms with Crippen LogP contribution in [0.15, 0.2) is 30.6 Å². The highest BCUT2D eigenvalue weighted by Gasteiger charge is 2.17. The summed E-state index contributed by atoms with van der Waals surface area (Å²) in [6.07, 6.45) is 1.15. The molecule has 1 heterocycles. The first kappa shape index (κ1) is 15.8. The van der Waals surface area contributed by atoms with Gasteiger partial charge in [0, 0.05) is 11.6 Å². The van der Waals surface area contributed by atoms with Crippen molar-refractivity contribution in [3.8, 4) is 0 Å². The Kier molecular flexibility index (Phi) is 4.35. The largest absolute Gasteiger partial charge is 0.346 e. The molecule has 0 radical (unpaired) electrons. The molecule has 2 aromatic rings. The molecule has 0 aliphatic heterocycles. The Morgan fingerprint density at radius 1 is 1.14 bits per heavy atom. The molecule has 2 N–H and O–H groups in total. The Hall–Kier alpha value is -2.57. The van der Waals surface area contributed by atoms with Crippen LogP contribution in [0.3, 0.4) is 0 Å². The Morgan fingerprint density at radius 3 is 2.36 bits per heavy atom. The highest BCUT2D eigenvalue weighted by Crippen LogP contribution is 2.22. The molecular weight excluding hydrogens is 290 g/mol. The molecule has 1 aromatic heterocycles. The summed E-state index contributed by atoms with van der Waals surface area (Å²) in [6, 6.07) is 4.84. The lowest BCUT2D eigenvalue weighted by Crippen LogP contribution is -2.40. The predicted octanol–water partition coefficient (Wildman–Crippen LogP) is 3.03. The van der Waals surface area contributed by atoms with Crippen LogP contribution >= 0.6 is 0 Å². The molecule has 0 unspecified atom stereocenters. The summed E-state index contributed by atoms with van der Waals surface area (Å²) in [6.45, 7) is 5.50. The predicted molar refractivity (Wildman–Crippen MR) is 78.9 cm³/mol. The smallest absolute Gasteiger partial charge is 0.270 e. The normalized spacial score (nSPS) is 11.1. The first-order chi connectivity index (χ1) is 10.3. The molecule has 0 spiro atoms. The summed E-state index contributed by atoms with van der Waals surface area (Å²) in [5.74, 6) is -1.77. The van der Waals surface area contributed by atoms with Gasteiger partial charge < -0.3 is 10.6 Å². The zero-order valence-electron chi connectivity index (χ0n) is 12.4. The fraction of sp³-hybridized carbons (Fsp3) is 0.267. The van der Waals surface area contributed by atoms with E-state index in [4.69, 9.17) is 0 Å². The monoisotopic (exact) mass is 306 g/mol. The van der Waals surface area contributed by atoms with E-state index in [9.17, 15) is 13.6 Å². The van der Waals surface area contributed by atoms with Crippen LogP contribution in [-0.4, -0.2) is 21.4 Å². The molecule has 1 aromatic carbocycles. The van der Waals surface area contributed by atoms with Gasteiger partial charge in [-0.05, 0) is 32.9 Å². The standard InChI is InChI=1S/C15H16F2N4O/c1-15(2,3)21-14(22)11-7-12(19-8-18-11)20-13-9(16)5-4-6-10(13)17/h4-8H,1-3H3,(H,21,22)(H,18,19,20). The molecule has 0 atom stereocenters. The molecule has 0 saturated carbocycles. The average Bonchev–Trinajstić information content (AvgIpc) is 2.41. The Morgan fingerprint density at radius 2 is 1.77 bits per heavy atom. The summed E-state index contributed by atoms with van der Waals surface area (Å²) >= 11 is 0. The van der Waals surface area contributed by atoms with Crippen molar-refractivity contribution in [3.63, 3.8) is 0 Å². The van der Waals surface area contributed by atoms with Crippen molar-refractivity contribution in [2.75, 3.05) is 5.32 Å². The maximum absolute atomic E-state index is 13.6. The van der Waals surface area contributed by atoms with Crippen molar-refractivity contribution in [2.45, 2.75) is 26.3 Å². The molecule has 0 fully saturated rings. The quantitative estimate of drug-likeness (QED) is 0.914. The van der Waals surface area contributed by atoms with E-state index in [1.54, 1.807) is 0 Å². The maximum Gasteiger partial charge on any atom is 0.270 e. The number of anilines is 2. The van der Waals surface area contributed by atoms with Crippen LogP contribution in [0, 0.1) is 11.6 Å².